The van der Waals surface area contributed by atoms with Gasteiger partial charge in [-0.15, -0.1) is 11.3 Å². The van der Waals surface area contributed by atoms with Crippen LogP contribution in [0.5, 0.6) is 0 Å². The summed E-state index contributed by atoms with van der Waals surface area (Å²) in [5.41, 5.74) is 8.41. The molecule has 6 heteroatoms. The molecule has 5 aromatic carbocycles. The highest BCUT2D eigenvalue weighted by Gasteiger charge is 2.21. The fourth-order valence-corrected chi connectivity index (χ4v) is 7.95. The molecule has 0 aliphatic carbocycles. The molecule has 0 radical (unpaired) electrons. The third-order valence-corrected chi connectivity index (χ3v) is 9.78. The zero-order valence-electron chi connectivity index (χ0n) is 22.8. The number of fused-ring (bicyclic) bond motifs is 8. The van der Waals surface area contributed by atoms with Crippen molar-refractivity contribution in [3.8, 4) is 17.2 Å². The number of thiophene rings is 1. The minimum atomic E-state index is 0.653. The highest BCUT2D eigenvalue weighted by Crippen LogP contribution is 2.41. The third kappa shape index (κ3) is 3.07. The Balaban J connectivity index is 1.48. The summed E-state index contributed by atoms with van der Waals surface area (Å²) in [6, 6.07) is 40.7. The van der Waals surface area contributed by atoms with Gasteiger partial charge >= 0.3 is 0 Å². The maximum Gasteiger partial charge on any atom is 0.235 e. The van der Waals surface area contributed by atoms with Crippen molar-refractivity contribution < 1.29 is 0 Å². The smallest absolute Gasteiger partial charge is 0.235 e. The van der Waals surface area contributed by atoms with Crippen LogP contribution in [0.4, 0.5) is 0 Å². The fourth-order valence-electron chi connectivity index (χ4n) is 6.80. The molecule has 0 aliphatic heterocycles. The first-order chi connectivity index (χ1) is 21.3. The maximum absolute atomic E-state index is 5.39. The molecule has 0 saturated heterocycles. The molecule has 0 fully saturated rings. The Labute approximate surface area is 248 Å². The lowest BCUT2D eigenvalue weighted by molar-refractivity contribution is 1.01. The van der Waals surface area contributed by atoms with Crippen LogP contribution in [0.1, 0.15) is 0 Å². The molecular formula is C37H21N5S. The molecule has 0 amide bonds. The van der Waals surface area contributed by atoms with E-state index in [2.05, 4.69) is 123 Å². The molecule has 5 heterocycles. The van der Waals surface area contributed by atoms with E-state index < -0.39 is 0 Å². The lowest BCUT2D eigenvalue weighted by Crippen LogP contribution is -2.04. The van der Waals surface area contributed by atoms with Crippen LogP contribution in [0.2, 0.25) is 0 Å². The quantitative estimate of drug-likeness (QED) is 0.209. The first-order valence-corrected chi connectivity index (χ1v) is 15.1. The fraction of sp³-hybridized carbons (Fsp3) is 0. The standard InChI is InChI=1S/C37H21N5S/c1-2-9-23(10-3-1)33-36-34(26-12-4-7-16-31(26)43-36)40-37(39-33)42-28-14-6-5-13-27(28)41-30-21-38-20-19-24(30)25-18-17-22-11-8-15-29(42)32(22)35(25)41/h1-21H. The van der Waals surface area contributed by atoms with Crippen molar-refractivity contribution in [3.05, 3.63) is 128 Å². The summed E-state index contributed by atoms with van der Waals surface area (Å²) in [4.78, 5) is 15.3. The van der Waals surface area contributed by atoms with E-state index >= 15 is 0 Å². The minimum Gasteiger partial charge on any atom is -0.305 e. The summed E-state index contributed by atoms with van der Waals surface area (Å²) >= 11 is 1.76. The summed E-state index contributed by atoms with van der Waals surface area (Å²) < 4.78 is 6.93. The highest BCUT2D eigenvalue weighted by molar-refractivity contribution is 7.26. The zero-order chi connectivity index (χ0) is 28.1. The van der Waals surface area contributed by atoms with Crippen LogP contribution in [0, 0.1) is 0 Å². The summed E-state index contributed by atoms with van der Waals surface area (Å²) in [5, 5.41) is 5.89. The van der Waals surface area contributed by atoms with Crippen molar-refractivity contribution in [2.24, 2.45) is 0 Å². The van der Waals surface area contributed by atoms with E-state index in [9.17, 15) is 0 Å². The molecule has 200 valence electrons. The van der Waals surface area contributed by atoms with Crippen LogP contribution in [0.15, 0.2) is 128 Å². The van der Waals surface area contributed by atoms with Gasteiger partial charge in [0.05, 0.1) is 49.7 Å². The molecule has 10 aromatic rings. The summed E-state index contributed by atoms with van der Waals surface area (Å²) in [7, 11) is 0. The van der Waals surface area contributed by atoms with Crippen molar-refractivity contribution >= 4 is 80.8 Å². The van der Waals surface area contributed by atoms with Crippen molar-refractivity contribution in [3.63, 3.8) is 0 Å². The van der Waals surface area contributed by atoms with Gasteiger partial charge in [-0.3, -0.25) is 9.55 Å². The molecule has 5 nitrogen and oxygen atoms in total. The van der Waals surface area contributed by atoms with E-state index in [0.29, 0.717) is 5.95 Å². The molecule has 10 rings (SSSR count). The molecule has 0 spiro atoms. The average molecular weight is 568 g/mol. The van der Waals surface area contributed by atoms with Gasteiger partial charge in [0.25, 0.3) is 0 Å². The largest absolute Gasteiger partial charge is 0.305 e. The van der Waals surface area contributed by atoms with Crippen molar-refractivity contribution in [2.75, 3.05) is 0 Å². The first-order valence-electron chi connectivity index (χ1n) is 14.3. The van der Waals surface area contributed by atoms with E-state index in [1.54, 1.807) is 11.3 Å². The first kappa shape index (κ1) is 23.0. The third-order valence-electron chi connectivity index (χ3n) is 8.61. The Morgan fingerprint density at radius 2 is 1.40 bits per heavy atom. The van der Waals surface area contributed by atoms with Gasteiger partial charge in [-0.2, -0.15) is 0 Å². The van der Waals surface area contributed by atoms with Gasteiger partial charge < -0.3 is 4.40 Å². The predicted molar refractivity (Wildman–Crippen MR) is 178 cm³/mol. The van der Waals surface area contributed by atoms with Crippen molar-refractivity contribution in [1.82, 2.24) is 23.9 Å². The molecule has 0 unspecified atom stereocenters. The van der Waals surface area contributed by atoms with Crippen molar-refractivity contribution in [2.45, 2.75) is 0 Å². The number of pyridine rings is 1. The van der Waals surface area contributed by atoms with Gasteiger partial charge in [0.2, 0.25) is 5.95 Å². The lowest BCUT2D eigenvalue weighted by Gasteiger charge is -2.13. The molecule has 5 aromatic heterocycles. The lowest BCUT2D eigenvalue weighted by atomic mass is 10.0. The average Bonchev–Trinajstić information content (AvgIpc) is 3.57. The number of rotatable bonds is 2. The Bertz CT molecular complexity index is 2720. The van der Waals surface area contributed by atoms with E-state index in [-0.39, 0.29) is 0 Å². The Morgan fingerprint density at radius 3 is 2.33 bits per heavy atom. The van der Waals surface area contributed by atoms with Gasteiger partial charge in [0.1, 0.15) is 0 Å². The van der Waals surface area contributed by atoms with E-state index in [0.717, 1.165) is 48.9 Å². The van der Waals surface area contributed by atoms with Crippen LogP contribution in [0.25, 0.3) is 86.6 Å². The summed E-state index contributed by atoms with van der Waals surface area (Å²) in [5.74, 6) is 0.653. The highest BCUT2D eigenvalue weighted by atomic mass is 32.1. The molecule has 0 atom stereocenters. The zero-order valence-corrected chi connectivity index (χ0v) is 23.6. The van der Waals surface area contributed by atoms with Gasteiger partial charge in [-0.05, 0) is 35.7 Å². The number of aromatic nitrogens is 5. The van der Waals surface area contributed by atoms with Crippen LogP contribution >= 0.6 is 11.3 Å². The van der Waals surface area contributed by atoms with E-state index in [4.69, 9.17) is 9.97 Å². The van der Waals surface area contributed by atoms with Crippen LogP contribution < -0.4 is 0 Å². The van der Waals surface area contributed by atoms with E-state index in [1.165, 1.54) is 31.8 Å². The molecule has 0 bridgehead atoms. The van der Waals surface area contributed by atoms with E-state index in [1.807, 2.05) is 18.5 Å². The SMILES string of the molecule is c1ccc(-c2nc(-n3c4cccc5ccc6c7ccncc7n(c7ccccc73)c6c54)nc3c2sc2ccccc23)cc1. The topological polar surface area (TPSA) is 48.0 Å². The second kappa shape index (κ2) is 8.47. The summed E-state index contributed by atoms with van der Waals surface area (Å²) in [6.45, 7) is 0. The Kier molecular flexibility index (Phi) is 4.54. The maximum atomic E-state index is 5.39. The number of hydrogen-bond donors (Lipinski definition) is 0. The minimum absolute atomic E-state index is 0.653. The number of hydrogen-bond acceptors (Lipinski definition) is 4. The molecule has 0 N–H and O–H groups in total. The predicted octanol–water partition coefficient (Wildman–Crippen LogP) is 9.56. The molecule has 0 aliphatic rings. The number of para-hydroxylation sites is 2. The van der Waals surface area contributed by atoms with Gasteiger partial charge in [0, 0.05) is 38.0 Å². The normalized spacial score (nSPS) is 12.2. The second-order valence-corrected chi connectivity index (χ2v) is 12.0. The van der Waals surface area contributed by atoms with Gasteiger partial charge in [-0.25, -0.2) is 9.97 Å². The van der Waals surface area contributed by atoms with Crippen LogP contribution in [-0.2, 0) is 0 Å². The van der Waals surface area contributed by atoms with Gasteiger partial charge in [0.15, 0.2) is 0 Å². The monoisotopic (exact) mass is 567 g/mol. The van der Waals surface area contributed by atoms with Crippen LogP contribution in [0.3, 0.4) is 0 Å². The number of nitrogens with zero attached hydrogens (tertiary/aromatic N) is 5. The summed E-state index contributed by atoms with van der Waals surface area (Å²) in [6.07, 6.45) is 3.86. The Morgan fingerprint density at radius 1 is 0.581 bits per heavy atom. The van der Waals surface area contributed by atoms with Crippen molar-refractivity contribution in [1.29, 1.82) is 0 Å². The molecule has 43 heavy (non-hydrogen) atoms. The molecule has 0 saturated carbocycles. The second-order valence-electron chi connectivity index (χ2n) is 10.9. The molecular weight excluding hydrogens is 547 g/mol. The van der Waals surface area contributed by atoms with Gasteiger partial charge in [-0.1, -0.05) is 84.9 Å². The Hall–Kier alpha value is -5.59. The van der Waals surface area contributed by atoms with Crippen LogP contribution in [-0.4, -0.2) is 23.9 Å². The number of benzene rings is 5.